The van der Waals surface area contributed by atoms with Crippen LogP contribution in [0.2, 0.25) is 0 Å². The molecule has 4 nitrogen and oxygen atoms in total. The minimum Gasteiger partial charge on any atom is -0.468 e. The third kappa shape index (κ3) is 6.14. The summed E-state index contributed by atoms with van der Waals surface area (Å²) >= 11 is 0. The number of ether oxygens (including phenoxy) is 1. The number of aliphatic hydroxyl groups is 1. The molecule has 0 bridgehead atoms. The number of carbonyl (C=O) groups is 1. The molecule has 0 radical (unpaired) electrons. The van der Waals surface area contributed by atoms with Gasteiger partial charge in [-0.15, -0.1) is 0 Å². The molecule has 0 spiro atoms. The zero-order chi connectivity index (χ0) is 26.3. The van der Waals surface area contributed by atoms with Crippen LogP contribution in [0.25, 0.3) is 0 Å². The van der Waals surface area contributed by atoms with E-state index in [-0.39, 0.29) is 11.9 Å². The molecule has 196 valence electrons. The average molecular weight is 500 g/mol. The van der Waals surface area contributed by atoms with Crippen LogP contribution in [-0.2, 0) is 27.0 Å². The Morgan fingerprint density at radius 3 is 1.89 bits per heavy atom. The van der Waals surface area contributed by atoms with Crippen LogP contribution in [0.3, 0.4) is 0 Å². The predicted octanol–water partition coefficient (Wildman–Crippen LogP) is 6.11. The van der Waals surface area contributed by atoms with E-state index in [4.69, 9.17) is 4.74 Å². The van der Waals surface area contributed by atoms with Crippen molar-refractivity contribution in [2.75, 3.05) is 26.7 Å². The number of methoxy groups -OCH3 is 1. The van der Waals surface area contributed by atoms with Gasteiger partial charge in [0, 0.05) is 0 Å². The number of rotatable bonds is 10. The van der Waals surface area contributed by atoms with Gasteiger partial charge in [-0.1, -0.05) is 84.9 Å². The van der Waals surface area contributed by atoms with Crippen molar-refractivity contribution in [3.63, 3.8) is 0 Å². The zero-order valence-corrected chi connectivity index (χ0v) is 22.5. The van der Waals surface area contributed by atoms with E-state index in [0.717, 1.165) is 68.4 Å². The molecule has 0 unspecified atom stereocenters. The minimum atomic E-state index is -0.955. The molecule has 3 aromatic rings. The van der Waals surface area contributed by atoms with Gasteiger partial charge >= 0.3 is 5.97 Å². The Morgan fingerprint density at radius 2 is 1.38 bits per heavy atom. The van der Waals surface area contributed by atoms with Crippen LogP contribution in [0.5, 0.6) is 0 Å². The van der Waals surface area contributed by atoms with Gasteiger partial charge in [0.2, 0.25) is 0 Å². The van der Waals surface area contributed by atoms with E-state index in [9.17, 15) is 9.90 Å². The van der Waals surface area contributed by atoms with Gasteiger partial charge in [-0.3, -0.25) is 4.79 Å². The molecule has 1 N–H and O–H groups in total. The first-order valence-electron chi connectivity index (χ1n) is 13.6. The average Bonchev–Trinajstić information content (AvgIpc) is 2.96. The van der Waals surface area contributed by atoms with Crippen LogP contribution in [0.15, 0.2) is 84.9 Å². The summed E-state index contributed by atoms with van der Waals surface area (Å²) in [6, 6.07) is 28.7. The smallest absolute Gasteiger partial charge is 0.315 e. The molecular weight excluding hydrogens is 458 g/mol. The number of likely N-dealkylation sites (tertiary alicyclic amines) is 1. The van der Waals surface area contributed by atoms with Gasteiger partial charge in [-0.05, 0) is 93.8 Å². The molecule has 1 fully saturated rings. The molecular formula is C33H41NO3. The molecule has 0 amide bonds. The lowest BCUT2D eigenvalue weighted by Crippen LogP contribution is -2.44. The lowest BCUT2D eigenvalue weighted by Gasteiger charge is -2.42. The summed E-state index contributed by atoms with van der Waals surface area (Å²) < 4.78 is 4.95. The van der Waals surface area contributed by atoms with Gasteiger partial charge in [-0.2, -0.15) is 0 Å². The number of hydrogen-bond donors (Lipinski definition) is 1. The molecule has 4 rings (SSSR count). The fourth-order valence-electron chi connectivity index (χ4n) is 5.72. The molecule has 1 aliphatic rings. The van der Waals surface area contributed by atoms with Gasteiger partial charge in [-0.25, -0.2) is 0 Å². The van der Waals surface area contributed by atoms with Crippen molar-refractivity contribution >= 4 is 5.97 Å². The number of esters is 1. The number of nitrogens with zero attached hydrogens (tertiary/aromatic N) is 1. The molecule has 37 heavy (non-hydrogen) atoms. The first-order valence-corrected chi connectivity index (χ1v) is 13.6. The first-order chi connectivity index (χ1) is 17.9. The quantitative estimate of drug-likeness (QED) is 0.270. The topological polar surface area (TPSA) is 49.8 Å². The predicted molar refractivity (Wildman–Crippen MR) is 149 cm³/mol. The van der Waals surface area contributed by atoms with Gasteiger partial charge < -0.3 is 14.7 Å². The van der Waals surface area contributed by atoms with Gasteiger partial charge in [0.1, 0.15) is 5.60 Å². The van der Waals surface area contributed by atoms with Crippen LogP contribution in [0, 0.1) is 5.92 Å². The SMILES string of the molecule is COC(=O)C(C)(C)c1ccc(CCCCN2CCC(C(O)(c3ccccc3)c3ccccc3)CC2)cc1. The maximum Gasteiger partial charge on any atom is 0.315 e. The Morgan fingerprint density at radius 1 is 0.838 bits per heavy atom. The van der Waals surface area contributed by atoms with E-state index in [2.05, 4.69) is 53.4 Å². The highest BCUT2D eigenvalue weighted by atomic mass is 16.5. The summed E-state index contributed by atoms with van der Waals surface area (Å²) in [7, 11) is 1.44. The fraction of sp³-hybridized carbons (Fsp3) is 0.424. The summed E-state index contributed by atoms with van der Waals surface area (Å²) in [6.07, 6.45) is 5.30. The Hall–Kier alpha value is -2.95. The molecule has 4 heteroatoms. The molecule has 0 aliphatic carbocycles. The highest BCUT2D eigenvalue weighted by molar-refractivity contribution is 5.82. The monoisotopic (exact) mass is 499 g/mol. The Kier molecular flexibility index (Phi) is 8.83. The number of piperidine rings is 1. The summed E-state index contributed by atoms with van der Waals surface area (Å²) in [6.45, 7) is 6.93. The molecule has 1 aliphatic heterocycles. The standard InChI is InChI=1S/C33H41NO3/c1-32(2,31(35)37-3)27-19-17-26(18-20-27)12-10-11-23-34-24-21-30(22-25-34)33(36,28-13-6-4-7-14-28)29-15-8-5-9-16-29/h4-9,13-20,30,36H,10-12,21-25H2,1-3H3. The van der Waals surface area contributed by atoms with Crippen molar-refractivity contribution in [3.8, 4) is 0 Å². The van der Waals surface area contributed by atoms with E-state index < -0.39 is 11.0 Å². The van der Waals surface area contributed by atoms with E-state index in [1.165, 1.54) is 12.7 Å². The van der Waals surface area contributed by atoms with Crippen molar-refractivity contribution in [2.24, 2.45) is 5.92 Å². The fourth-order valence-corrected chi connectivity index (χ4v) is 5.72. The van der Waals surface area contributed by atoms with Gasteiger partial charge in [0.15, 0.2) is 0 Å². The summed E-state index contributed by atoms with van der Waals surface area (Å²) in [5.41, 5.74) is 2.67. The molecule has 0 aromatic heterocycles. The molecule has 0 atom stereocenters. The molecule has 1 heterocycles. The van der Waals surface area contributed by atoms with Crippen LogP contribution in [0.1, 0.15) is 61.8 Å². The van der Waals surface area contributed by atoms with Crippen LogP contribution < -0.4 is 0 Å². The number of aryl methyl sites for hydroxylation is 1. The van der Waals surface area contributed by atoms with Crippen LogP contribution >= 0.6 is 0 Å². The number of hydrogen-bond acceptors (Lipinski definition) is 4. The van der Waals surface area contributed by atoms with E-state index in [1.807, 2.05) is 50.2 Å². The highest BCUT2D eigenvalue weighted by Crippen LogP contribution is 2.41. The minimum absolute atomic E-state index is 0.196. The second-order valence-electron chi connectivity index (χ2n) is 10.9. The summed E-state index contributed by atoms with van der Waals surface area (Å²) in [5.74, 6) is -0.0173. The molecule has 0 saturated carbocycles. The molecule has 1 saturated heterocycles. The van der Waals surface area contributed by atoms with Gasteiger partial charge in [0.25, 0.3) is 0 Å². The Balaban J connectivity index is 1.27. The van der Waals surface area contributed by atoms with Crippen molar-refractivity contribution in [1.29, 1.82) is 0 Å². The number of carbonyl (C=O) groups excluding carboxylic acids is 1. The normalized spacial score (nSPS) is 15.5. The Bertz CT molecular complexity index is 1080. The maximum absolute atomic E-state index is 12.1. The van der Waals surface area contributed by atoms with Gasteiger partial charge in [0.05, 0.1) is 12.5 Å². The second-order valence-corrected chi connectivity index (χ2v) is 10.9. The number of benzene rings is 3. The van der Waals surface area contributed by atoms with E-state index in [1.54, 1.807) is 0 Å². The van der Waals surface area contributed by atoms with Crippen molar-refractivity contribution in [3.05, 3.63) is 107 Å². The van der Waals surface area contributed by atoms with Crippen molar-refractivity contribution in [2.45, 2.75) is 57.0 Å². The zero-order valence-electron chi connectivity index (χ0n) is 22.5. The first kappa shape index (κ1) is 27.1. The second kappa shape index (κ2) is 12.1. The summed E-state index contributed by atoms with van der Waals surface area (Å²) in [5, 5.41) is 12.1. The Labute approximate surface area is 222 Å². The maximum atomic E-state index is 12.1. The molecule has 3 aromatic carbocycles. The lowest BCUT2D eigenvalue weighted by atomic mass is 9.72. The summed E-state index contributed by atoms with van der Waals surface area (Å²) in [4.78, 5) is 14.6. The van der Waals surface area contributed by atoms with Crippen LogP contribution in [-0.4, -0.2) is 42.7 Å². The largest absolute Gasteiger partial charge is 0.468 e. The van der Waals surface area contributed by atoms with Crippen molar-refractivity contribution < 1.29 is 14.6 Å². The van der Waals surface area contributed by atoms with E-state index in [0.29, 0.717) is 0 Å². The highest BCUT2D eigenvalue weighted by Gasteiger charge is 2.41. The lowest BCUT2D eigenvalue weighted by molar-refractivity contribution is -0.146. The van der Waals surface area contributed by atoms with Crippen LogP contribution in [0.4, 0.5) is 0 Å². The van der Waals surface area contributed by atoms with Crippen molar-refractivity contribution in [1.82, 2.24) is 4.90 Å². The van der Waals surface area contributed by atoms with E-state index >= 15 is 0 Å². The number of unbranched alkanes of at least 4 members (excludes halogenated alkanes) is 1. The third-order valence-corrected chi connectivity index (χ3v) is 8.17. The third-order valence-electron chi connectivity index (χ3n) is 8.17.